The van der Waals surface area contributed by atoms with Crippen molar-refractivity contribution in [2.45, 2.75) is 47.1 Å². The Hall–Kier alpha value is -0.976. The molecule has 1 radical (unpaired) electrons. The van der Waals surface area contributed by atoms with E-state index in [1.54, 1.807) is 0 Å². The number of hydrogen-bond donors (Lipinski definition) is 0. The summed E-state index contributed by atoms with van der Waals surface area (Å²) >= 11 is 0. The van der Waals surface area contributed by atoms with E-state index in [1.165, 1.54) is 0 Å². The Morgan fingerprint density at radius 3 is 2.41 bits per heavy atom. The van der Waals surface area contributed by atoms with E-state index in [1.807, 2.05) is 32.3 Å². The first kappa shape index (κ1) is 16.0. The molecule has 0 fully saturated rings. The van der Waals surface area contributed by atoms with Crippen LogP contribution in [0.4, 0.5) is 0 Å². The fourth-order valence-electron chi connectivity index (χ4n) is 2.09. The predicted octanol–water partition coefficient (Wildman–Crippen LogP) is 2.98. The van der Waals surface area contributed by atoms with Crippen LogP contribution < -0.4 is 0 Å². The molecular weight excluding hydrogens is 251 g/mol. The van der Waals surface area contributed by atoms with Crippen molar-refractivity contribution in [2.75, 3.05) is 0 Å². The second-order valence-electron chi connectivity index (χ2n) is 3.72. The molecule has 0 amide bonds. The van der Waals surface area contributed by atoms with Gasteiger partial charge >= 0.3 is 0 Å². The molecule has 3 nitrogen and oxygen atoms in total. The van der Waals surface area contributed by atoms with Crippen LogP contribution in [0.3, 0.4) is 0 Å². The Morgan fingerprint density at radius 2 is 1.88 bits per heavy atom. The summed E-state index contributed by atoms with van der Waals surface area (Å²) in [6.07, 6.45) is 1.48. The summed E-state index contributed by atoms with van der Waals surface area (Å²) in [6.45, 7) is 8.75. The average Bonchev–Trinajstić information content (AvgIpc) is 2.57. The molecule has 17 heavy (non-hydrogen) atoms. The molecule has 0 saturated carbocycles. The smallest absolute Gasteiger partial charge is 0.180 e. The number of aromatic nitrogens is 1. The molecule has 0 spiro atoms. The Kier molecular flexibility index (Phi) is 6.30. The van der Waals surface area contributed by atoms with Crippen molar-refractivity contribution in [3.63, 3.8) is 0 Å². The minimum atomic E-state index is 0. The van der Waals surface area contributed by atoms with Gasteiger partial charge in [-0.2, -0.15) is 5.26 Å². The number of nitriles is 1. The third-order valence-corrected chi connectivity index (χ3v) is 2.99. The van der Waals surface area contributed by atoms with Crippen molar-refractivity contribution in [1.29, 1.82) is 5.26 Å². The van der Waals surface area contributed by atoms with Crippen LogP contribution in [-0.2, 0) is 25.1 Å². The van der Waals surface area contributed by atoms with E-state index >= 15 is 0 Å². The van der Waals surface area contributed by atoms with Gasteiger partial charge in [0.2, 0.25) is 0 Å². The number of ketones is 1. The van der Waals surface area contributed by atoms with Crippen LogP contribution in [0.15, 0.2) is 0 Å². The van der Waals surface area contributed by atoms with E-state index < -0.39 is 0 Å². The van der Waals surface area contributed by atoms with Crippen LogP contribution in [0.1, 0.15) is 54.0 Å². The van der Waals surface area contributed by atoms with Crippen molar-refractivity contribution in [2.24, 2.45) is 0 Å². The number of carbonyl (C=O) groups excluding carboxylic acids is 1. The maximum absolute atomic E-state index is 11.7. The van der Waals surface area contributed by atoms with E-state index in [-0.39, 0.29) is 24.3 Å². The van der Waals surface area contributed by atoms with E-state index in [4.69, 9.17) is 5.26 Å². The summed E-state index contributed by atoms with van der Waals surface area (Å²) in [7, 11) is 0. The minimum absolute atomic E-state index is 0. The molecule has 0 bridgehead atoms. The number of nitrogens with zero attached hydrogens (tertiary/aromatic N) is 2. The third kappa shape index (κ3) is 2.65. The number of Topliss-reactive ketones (excluding diaryl/α,β-unsaturated/α-hetero) is 1. The maximum atomic E-state index is 11.7. The van der Waals surface area contributed by atoms with Crippen LogP contribution >= 0.6 is 0 Å². The van der Waals surface area contributed by atoms with Crippen molar-refractivity contribution in [3.05, 3.63) is 22.5 Å². The zero-order chi connectivity index (χ0) is 12.3. The van der Waals surface area contributed by atoms with E-state index in [0.29, 0.717) is 17.7 Å². The molecule has 0 aromatic carbocycles. The molecule has 2 heterocycles. The summed E-state index contributed by atoms with van der Waals surface area (Å²) in [5.41, 5.74) is 3.23. The maximum Gasteiger partial charge on any atom is 0.180 e. The molecule has 1 aromatic heterocycles. The molecule has 4 heteroatoms. The first-order chi connectivity index (χ1) is 7.66. The standard InChI is InChI=1S/C11H12N2O.C2H6.V/c1-7-8(2)13-5-3-4-10(14)11(13)9(7)6-12;1-2;/h3-5H2,1-2H3;1-2H3;. The van der Waals surface area contributed by atoms with Crippen LogP contribution in [0.25, 0.3) is 0 Å². The molecule has 1 aliphatic rings. The topological polar surface area (TPSA) is 45.8 Å². The Balaban J connectivity index is 0.000000811. The zero-order valence-corrected chi connectivity index (χ0v) is 12.3. The molecule has 0 aliphatic carbocycles. The molecular formula is C13H18N2OV. The van der Waals surface area contributed by atoms with Crippen molar-refractivity contribution in [1.82, 2.24) is 4.57 Å². The molecule has 0 atom stereocenters. The van der Waals surface area contributed by atoms with E-state index in [2.05, 4.69) is 6.07 Å². The quantitative estimate of drug-likeness (QED) is 0.726. The average molecular weight is 269 g/mol. The van der Waals surface area contributed by atoms with Gasteiger partial charge < -0.3 is 4.57 Å². The van der Waals surface area contributed by atoms with Gasteiger partial charge in [-0.3, -0.25) is 4.79 Å². The van der Waals surface area contributed by atoms with Crippen molar-refractivity contribution < 1.29 is 23.4 Å². The van der Waals surface area contributed by atoms with Gasteiger partial charge in [0.15, 0.2) is 5.78 Å². The van der Waals surface area contributed by atoms with E-state index in [9.17, 15) is 4.79 Å². The summed E-state index contributed by atoms with van der Waals surface area (Å²) < 4.78 is 1.99. The molecule has 2 rings (SSSR count). The second-order valence-corrected chi connectivity index (χ2v) is 3.72. The van der Waals surface area contributed by atoms with Crippen LogP contribution in [0.5, 0.6) is 0 Å². The third-order valence-electron chi connectivity index (χ3n) is 2.99. The number of hydrogen-bond acceptors (Lipinski definition) is 2. The second kappa shape index (κ2) is 6.69. The monoisotopic (exact) mass is 269 g/mol. The largest absolute Gasteiger partial charge is 0.341 e. The van der Waals surface area contributed by atoms with Gasteiger partial charge in [0.1, 0.15) is 11.8 Å². The Morgan fingerprint density at radius 1 is 1.29 bits per heavy atom. The molecule has 0 unspecified atom stereocenters. The first-order valence-electron chi connectivity index (χ1n) is 5.79. The summed E-state index contributed by atoms with van der Waals surface area (Å²) in [4.78, 5) is 11.7. The Bertz CT molecular complexity index is 455. The van der Waals surface area contributed by atoms with Gasteiger partial charge in [-0.15, -0.1) is 0 Å². The number of fused-ring (bicyclic) bond motifs is 1. The van der Waals surface area contributed by atoms with Gasteiger partial charge in [0, 0.05) is 37.2 Å². The minimum Gasteiger partial charge on any atom is -0.341 e. The number of rotatable bonds is 0. The molecule has 1 aromatic rings. The van der Waals surface area contributed by atoms with Gasteiger partial charge in [-0.1, -0.05) is 13.8 Å². The van der Waals surface area contributed by atoms with Crippen LogP contribution in [0, 0.1) is 25.2 Å². The van der Waals surface area contributed by atoms with Gasteiger partial charge in [0.05, 0.1) is 5.56 Å². The molecule has 0 saturated heterocycles. The summed E-state index contributed by atoms with van der Waals surface area (Å²) in [5, 5.41) is 8.99. The Labute approximate surface area is 115 Å². The zero-order valence-electron chi connectivity index (χ0n) is 10.9. The number of carbonyl (C=O) groups is 1. The molecule has 0 N–H and O–H groups in total. The SMILES string of the molecule is CC.Cc1c(C#N)c2n(c1C)CCCC2=O.[V]. The van der Waals surface area contributed by atoms with E-state index in [0.717, 1.165) is 24.2 Å². The fourth-order valence-corrected chi connectivity index (χ4v) is 2.09. The normalized spacial score (nSPS) is 12.8. The fraction of sp³-hybridized carbons (Fsp3) is 0.538. The van der Waals surface area contributed by atoms with Gasteiger partial charge in [-0.05, 0) is 25.8 Å². The van der Waals surface area contributed by atoms with Crippen molar-refractivity contribution in [3.8, 4) is 6.07 Å². The summed E-state index contributed by atoms with van der Waals surface area (Å²) in [6, 6.07) is 2.13. The summed E-state index contributed by atoms with van der Waals surface area (Å²) in [5.74, 6) is 0.115. The van der Waals surface area contributed by atoms with Crippen LogP contribution in [-0.4, -0.2) is 10.4 Å². The first-order valence-corrected chi connectivity index (χ1v) is 5.79. The van der Waals surface area contributed by atoms with Gasteiger partial charge in [0.25, 0.3) is 0 Å². The van der Waals surface area contributed by atoms with Gasteiger partial charge in [-0.25, -0.2) is 0 Å². The molecule has 91 valence electrons. The predicted molar refractivity (Wildman–Crippen MR) is 63.5 cm³/mol. The molecule has 1 aliphatic heterocycles. The van der Waals surface area contributed by atoms with Crippen LogP contribution in [0.2, 0.25) is 0 Å². The van der Waals surface area contributed by atoms with Crippen molar-refractivity contribution >= 4 is 5.78 Å².